The van der Waals surface area contributed by atoms with Gasteiger partial charge in [-0.2, -0.15) is 0 Å². The van der Waals surface area contributed by atoms with Crippen molar-refractivity contribution in [3.05, 3.63) is 57.4 Å². The quantitative estimate of drug-likeness (QED) is 0.177. The highest BCUT2D eigenvalue weighted by Gasteiger charge is 2.23. The summed E-state index contributed by atoms with van der Waals surface area (Å²) in [7, 11) is 5.51. The van der Waals surface area contributed by atoms with Crippen LogP contribution in [0.25, 0.3) is 16.6 Å². The molecular weight excluding hydrogens is 497 g/mol. The van der Waals surface area contributed by atoms with Gasteiger partial charge in [0.05, 0.1) is 29.2 Å². The number of nitrogens with two attached hydrogens (primary N) is 1. The van der Waals surface area contributed by atoms with E-state index in [0.717, 1.165) is 25.1 Å². The predicted octanol–water partition coefficient (Wildman–Crippen LogP) is 1.71. The van der Waals surface area contributed by atoms with Gasteiger partial charge in [-0.3, -0.25) is 9.59 Å². The van der Waals surface area contributed by atoms with E-state index in [4.69, 9.17) is 15.2 Å². The van der Waals surface area contributed by atoms with Crippen LogP contribution in [0.1, 0.15) is 36.2 Å². The van der Waals surface area contributed by atoms with Crippen LogP contribution in [-0.4, -0.2) is 63.0 Å². The molecule has 0 saturated heterocycles. The van der Waals surface area contributed by atoms with Gasteiger partial charge in [0, 0.05) is 30.6 Å². The molecule has 0 amide bonds. The molecule has 1 aromatic heterocycles. The SMILES string of the molecule is Bc1c(NCCCN(C)C)c(F)cc2c(=O)c(C(=O)OCC)cn(-c3cc(N)c(F)cc3COC(C)=O)c12. The number of carbonyl (C=O) groups is 2. The first-order valence-electron chi connectivity index (χ1n) is 12.1. The predicted molar refractivity (Wildman–Crippen MR) is 145 cm³/mol. The first kappa shape index (κ1) is 28.6. The zero-order chi connectivity index (χ0) is 28.1. The molecule has 0 radical (unpaired) electrons. The smallest absolute Gasteiger partial charge is 0.343 e. The number of halogens is 2. The van der Waals surface area contributed by atoms with Gasteiger partial charge >= 0.3 is 11.9 Å². The summed E-state index contributed by atoms with van der Waals surface area (Å²) in [5.74, 6) is -2.89. The molecule has 0 aliphatic heterocycles. The van der Waals surface area contributed by atoms with E-state index in [1.165, 1.54) is 23.8 Å². The van der Waals surface area contributed by atoms with Crippen LogP contribution in [0.4, 0.5) is 20.2 Å². The summed E-state index contributed by atoms with van der Waals surface area (Å²) in [6.45, 7) is 3.76. The second-order valence-corrected chi connectivity index (χ2v) is 9.08. The van der Waals surface area contributed by atoms with Crippen molar-refractivity contribution in [1.82, 2.24) is 9.47 Å². The number of hydrogen-bond acceptors (Lipinski definition) is 8. The van der Waals surface area contributed by atoms with E-state index in [9.17, 15) is 18.8 Å². The molecule has 3 aromatic rings. The van der Waals surface area contributed by atoms with E-state index < -0.39 is 29.0 Å². The number of nitrogen functional groups attached to an aromatic ring is 1. The standard InChI is InChI=1S/C26H31BF2N4O5/c1-5-37-26(36)17-12-33(21-11-20(30)18(28)9-15(21)13-38-14(2)34)24-16(25(17)35)10-19(29)23(22(24)27)31-7-6-8-32(3)4/h9-12,31H,5-8,13,27,30H2,1-4H3. The van der Waals surface area contributed by atoms with E-state index >= 15 is 4.39 Å². The maximum atomic E-state index is 15.3. The molecule has 1 heterocycles. The summed E-state index contributed by atoms with van der Waals surface area (Å²) in [6.07, 6.45) is 1.99. The molecule has 3 rings (SSSR count). The topological polar surface area (TPSA) is 116 Å². The number of carbonyl (C=O) groups excluding carboxylic acids is 2. The van der Waals surface area contributed by atoms with Crippen LogP contribution in [0, 0.1) is 11.6 Å². The van der Waals surface area contributed by atoms with Gasteiger partial charge in [0.2, 0.25) is 5.43 Å². The van der Waals surface area contributed by atoms with Crippen LogP contribution < -0.4 is 21.9 Å². The molecule has 0 spiro atoms. The molecule has 0 unspecified atom stereocenters. The Morgan fingerprint density at radius 2 is 1.87 bits per heavy atom. The Hall–Kier alpha value is -3.93. The maximum absolute atomic E-state index is 15.3. The van der Waals surface area contributed by atoms with Crippen LogP contribution in [-0.2, 0) is 20.9 Å². The molecule has 0 atom stereocenters. The Morgan fingerprint density at radius 1 is 1.16 bits per heavy atom. The fourth-order valence-corrected chi connectivity index (χ4v) is 4.16. The van der Waals surface area contributed by atoms with Crippen LogP contribution in [0.5, 0.6) is 0 Å². The van der Waals surface area contributed by atoms with Crippen molar-refractivity contribution in [1.29, 1.82) is 0 Å². The number of benzene rings is 2. The third kappa shape index (κ3) is 6.13. The van der Waals surface area contributed by atoms with Gasteiger partial charge in [0.25, 0.3) is 0 Å². The third-order valence-corrected chi connectivity index (χ3v) is 5.95. The summed E-state index contributed by atoms with van der Waals surface area (Å²) in [6, 6.07) is 3.48. The van der Waals surface area contributed by atoms with Crippen molar-refractivity contribution in [2.75, 3.05) is 44.8 Å². The van der Waals surface area contributed by atoms with Gasteiger partial charge in [-0.05, 0) is 57.6 Å². The summed E-state index contributed by atoms with van der Waals surface area (Å²) in [5, 5.41) is 3.02. The van der Waals surface area contributed by atoms with E-state index in [1.54, 1.807) is 14.8 Å². The first-order chi connectivity index (χ1) is 18.0. The minimum atomic E-state index is -0.895. The van der Waals surface area contributed by atoms with E-state index in [1.807, 2.05) is 19.0 Å². The molecular formula is C26H31BF2N4O5. The lowest BCUT2D eigenvalue weighted by Gasteiger charge is -2.21. The first-order valence-corrected chi connectivity index (χ1v) is 12.1. The zero-order valence-corrected chi connectivity index (χ0v) is 22.1. The molecule has 0 fully saturated rings. The highest BCUT2D eigenvalue weighted by Crippen LogP contribution is 2.27. The average Bonchev–Trinajstić information content (AvgIpc) is 2.84. The van der Waals surface area contributed by atoms with Crippen molar-refractivity contribution < 1.29 is 27.8 Å². The average molecular weight is 528 g/mol. The molecule has 12 heteroatoms. The second-order valence-electron chi connectivity index (χ2n) is 9.08. The molecule has 3 N–H and O–H groups in total. The molecule has 9 nitrogen and oxygen atoms in total. The van der Waals surface area contributed by atoms with Gasteiger partial charge in [0.1, 0.15) is 31.7 Å². The zero-order valence-electron chi connectivity index (χ0n) is 22.1. The summed E-state index contributed by atoms with van der Waals surface area (Å²) >= 11 is 0. The Bertz CT molecular complexity index is 1440. The highest BCUT2D eigenvalue weighted by molar-refractivity contribution is 6.42. The van der Waals surface area contributed by atoms with Crippen LogP contribution in [0.15, 0.2) is 29.2 Å². The van der Waals surface area contributed by atoms with Crippen molar-refractivity contribution in [2.24, 2.45) is 0 Å². The molecule has 0 aliphatic rings. The van der Waals surface area contributed by atoms with Crippen LogP contribution >= 0.6 is 0 Å². The Morgan fingerprint density at radius 3 is 2.50 bits per heavy atom. The van der Waals surface area contributed by atoms with Gasteiger partial charge in [-0.1, -0.05) is 0 Å². The number of nitrogens with one attached hydrogen (secondary N) is 1. The minimum absolute atomic E-state index is 0.0146. The Balaban J connectivity index is 2.35. The lowest BCUT2D eigenvalue weighted by molar-refractivity contribution is -0.142. The number of ether oxygens (including phenoxy) is 2. The maximum Gasteiger partial charge on any atom is 0.343 e. The largest absolute Gasteiger partial charge is 0.462 e. The van der Waals surface area contributed by atoms with Crippen molar-refractivity contribution in [3.8, 4) is 5.69 Å². The highest BCUT2D eigenvalue weighted by atomic mass is 19.1. The molecule has 0 saturated carbocycles. The monoisotopic (exact) mass is 528 g/mol. The number of hydrogen-bond donors (Lipinski definition) is 2. The number of nitrogens with zero attached hydrogens (tertiary/aromatic N) is 2. The van der Waals surface area contributed by atoms with Crippen LogP contribution in [0.3, 0.4) is 0 Å². The fourth-order valence-electron chi connectivity index (χ4n) is 4.16. The van der Waals surface area contributed by atoms with Gasteiger partial charge in [0.15, 0.2) is 0 Å². The Labute approximate surface area is 219 Å². The van der Waals surface area contributed by atoms with Crippen molar-refractivity contribution >= 4 is 47.5 Å². The van der Waals surface area contributed by atoms with Crippen molar-refractivity contribution in [3.63, 3.8) is 0 Å². The van der Waals surface area contributed by atoms with E-state index in [-0.39, 0.29) is 52.3 Å². The lowest BCUT2D eigenvalue weighted by Crippen LogP contribution is -2.27. The van der Waals surface area contributed by atoms with Gasteiger partial charge in [-0.15, -0.1) is 0 Å². The molecule has 202 valence electrons. The summed E-state index contributed by atoms with van der Waals surface area (Å²) in [5.41, 5.74) is 5.92. The Kier molecular flexibility index (Phi) is 9.11. The fraction of sp³-hybridized carbons (Fsp3) is 0.346. The van der Waals surface area contributed by atoms with E-state index in [2.05, 4.69) is 5.32 Å². The van der Waals surface area contributed by atoms with E-state index in [0.29, 0.717) is 12.0 Å². The van der Waals surface area contributed by atoms with Gasteiger partial charge < -0.3 is 30.0 Å². The second kappa shape index (κ2) is 12.1. The van der Waals surface area contributed by atoms with Gasteiger partial charge in [-0.25, -0.2) is 13.6 Å². The normalized spacial score (nSPS) is 11.1. The molecule has 38 heavy (non-hydrogen) atoms. The van der Waals surface area contributed by atoms with Crippen molar-refractivity contribution in [2.45, 2.75) is 26.9 Å². The lowest BCUT2D eigenvalue weighted by atomic mass is 9.89. The molecule has 0 aliphatic carbocycles. The summed E-state index contributed by atoms with van der Waals surface area (Å²) in [4.78, 5) is 39.5. The number of pyridine rings is 1. The van der Waals surface area contributed by atoms with Crippen LogP contribution in [0.2, 0.25) is 0 Å². The number of esters is 2. The molecule has 2 aromatic carbocycles. The number of fused-ring (bicyclic) bond motifs is 1. The summed E-state index contributed by atoms with van der Waals surface area (Å²) < 4.78 is 41.4. The number of aromatic nitrogens is 1. The minimum Gasteiger partial charge on any atom is -0.462 e. The third-order valence-electron chi connectivity index (χ3n) is 5.95. The number of rotatable bonds is 10. The number of anilines is 2. The molecule has 0 bridgehead atoms.